The first-order valence-corrected chi connectivity index (χ1v) is 4.42. The van der Waals surface area contributed by atoms with Crippen LogP contribution in [0.25, 0.3) is 0 Å². The molecule has 0 heterocycles. The second-order valence-electron chi connectivity index (χ2n) is 2.77. The molecule has 0 aliphatic heterocycles. The van der Waals surface area contributed by atoms with E-state index >= 15 is 0 Å². The largest absolute Gasteiger partial charge is 0.398 e. The molecule has 0 unspecified atom stereocenters. The van der Waals surface area contributed by atoms with Crippen molar-refractivity contribution in [2.75, 3.05) is 11.5 Å². The molecule has 1 aromatic carbocycles. The zero-order valence-corrected chi connectivity index (χ0v) is 8.84. The summed E-state index contributed by atoms with van der Waals surface area (Å²) in [6, 6.07) is 0. The minimum atomic E-state index is 0.662. The van der Waals surface area contributed by atoms with E-state index in [2.05, 4.69) is 25.3 Å². The summed E-state index contributed by atoms with van der Waals surface area (Å²) in [5.41, 5.74) is 14.7. The van der Waals surface area contributed by atoms with Gasteiger partial charge in [0.15, 0.2) is 0 Å². The van der Waals surface area contributed by atoms with Gasteiger partial charge in [-0.05, 0) is 25.0 Å². The second kappa shape index (κ2) is 3.11. The summed E-state index contributed by atoms with van der Waals surface area (Å²) >= 11 is 8.52. The molecule has 0 radical (unpaired) electrons. The number of anilines is 2. The number of hydrogen-bond acceptors (Lipinski definition) is 4. The van der Waals surface area contributed by atoms with Gasteiger partial charge >= 0.3 is 0 Å². The fourth-order valence-corrected chi connectivity index (χ4v) is 1.59. The van der Waals surface area contributed by atoms with Crippen LogP contribution in [0.4, 0.5) is 11.4 Å². The van der Waals surface area contributed by atoms with Crippen LogP contribution in [0.5, 0.6) is 0 Å². The van der Waals surface area contributed by atoms with E-state index in [9.17, 15) is 0 Å². The third-order valence-corrected chi connectivity index (χ3v) is 3.18. The van der Waals surface area contributed by atoms with Gasteiger partial charge in [0, 0.05) is 21.2 Å². The van der Waals surface area contributed by atoms with Gasteiger partial charge in [0.2, 0.25) is 0 Å². The van der Waals surface area contributed by atoms with Gasteiger partial charge in [0.1, 0.15) is 0 Å². The lowest BCUT2D eigenvalue weighted by atomic mass is 10.1. The zero-order chi connectivity index (χ0) is 9.46. The van der Waals surface area contributed by atoms with Crippen molar-refractivity contribution in [3.8, 4) is 0 Å². The van der Waals surface area contributed by atoms with Crippen LogP contribution in [-0.2, 0) is 0 Å². The van der Waals surface area contributed by atoms with Crippen molar-refractivity contribution in [2.24, 2.45) is 0 Å². The Morgan fingerprint density at radius 1 is 0.833 bits per heavy atom. The maximum absolute atomic E-state index is 5.77. The van der Waals surface area contributed by atoms with Crippen LogP contribution < -0.4 is 11.5 Å². The van der Waals surface area contributed by atoms with Crippen LogP contribution in [0, 0.1) is 13.8 Å². The van der Waals surface area contributed by atoms with Gasteiger partial charge in [-0.25, -0.2) is 0 Å². The van der Waals surface area contributed by atoms with Crippen molar-refractivity contribution in [1.29, 1.82) is 0 Å². The lowest BCUT2D eigenvalue weighted by molar-refractivity contribution is 1.20. The molecule has 1 aromatic rings. The fraction of sp³-hybridized carbons (Fsp3) is 0.250. The maximum atomic E-state index is 5.77. The first kappa shape index (κ1) is 9.61. The number of nitrogen functional groups attached to an aromatic ring is 2. The number of nitrogens with two attached hydrogens (primary N) is 2. The molecule has 0 fully saturated rings. The van der Waals surface area contributed by atoms with Crippen LogP contribution in [0.3, 0.4) is 0 Å². The third-order valence-electron chi connectivity index (χ3n) is 2.03. The molecule has 4 N–H and O–H groups in total. The highest BCUT2D eigenvalue weighted by atomic mass is 32.1. The van der Waals surface area contributed by atoms with Crippen molar-refractivity contribution in [3.63, 3.8) is 0 Å². The summed E-state index contributed by atoms with van der Waals surface area (Å²) in [7, 11) is 0. The van der Waals surface area contributed by atoms with Gasteiger partial charge in [0.05, 0.1) is 0 Å². The van der Waals surface area contributed by atoms with Crippen LogP contribution in [0.15, 0.2) is 9.79 Å². The van der Waals surface area contributed by atoms with Crippen LogP contribution >= 0.6 is 25.3 Å². The molecule has 0 saturated carbocycles. The molecule has 0 aliphatic rings. The highest BCUT2D eigenvalue weighted by molar-refractivity contribution is 7.81. The lowest BCUT2D eigenvalue weighted by Gasteiger charge is -2.13. The van der Waals surface area contributed by atoms with Gasteiger partial charge in [0.25, 0.3) is 0 Å². The van der Waals surface area contributed by atoms with E-state index in [1.54, 1.807) is 0 Å². The van der Waals surface area contributed by atoms with Crippen molar-refractivity contribution < 1.29 is 0 Å². The minimum Gasteiger partial charge on any atom is -0.398 e. The highest BCUT2D eigenvalue weighted by Crippen LogP contribution is 2.35. The van der Waals surface area contributed by atoms with E-state index in [0.29, 0.717) is 11.4 Å². The normalized spacial score (nSPS) is 10.3. The van der Waals surface area contributed by atoms with E-state index < -0.39 is 0 Å². The molecule has 0 atom stereocenters. The Hall–Kier alpha value is -0.480. The maximum Gasteiger partial charge on any atom is 0.0494 e. The first-order valence-electron chi connectivity index (χ1n) is 3.52. The van der Waals surface area contributed by atoms with E-state index in [-0.39, 0.29) is 0 Å². The molecule has 2 nitrogen and oxygen atoms in total. The first-order chi connectivity index (χ1) is 5.46. The molecule has 0 aliphatic carbocycles. The monoisotopic (exact) mass is 200 g/mol. The molecule has 0 saturated heterocycles. The number of thiol groups is 2. The van der Waals surface area contributed by atoms with Crippen LogP contribution in [0.2, 0.25) is 0 Å². The van der Waals surface area contributed by atoms with Gasteiger partial charge in [-0.2, -0.15) is 0 Å². The van der Waals surface area contributed by atoms with Gasteiger partial charge in [-0.1, -0.05) is 0 Å². The average molecular weight is 200 g/mol. The minimum absolute atomic E-state index is 0.662. The number of benzene rings is 1. The summed E-state index contributed by atoms with van der Waals surface area (Å²) in [4.78, 5) is 1.51. The predicted octanol–water partition coefficient (Wildman–Crippen LogP) is 2.05. The SMILES string of the molecule is Cc1c(N)c(S)c(C)c(N)c1S. The van der Waals surface area contributed by atoms with Crippen LogP contribution in [-0.4, -0.2) is 0 Å². The molecule has 0 spiro atoms. The molecular weight excluding hydrogens is 188 g/mol. The molecule has 0 amide bonds. The zero-order valence-electron chi connectivity index (χ0n) is 7.05. The average Bonchev–Trinajstić information content (AvgIpc) is 2.08. The lowest BCUT2D eigenvalue weighted by Crippen LogP contribution is -2.00. The summed E-state index contributed by atoms with van der Waals surface area (Å²) in [6.07, 6.45) is 0. The van der Waals surface area contributed by atoms with Gasteiger partial charge in [-0.3, -0.25) is 0 Å². The van der Waals surface area contributed by atoms with Gasteiger partial charge in [-0.15, -0.1) is 25.3 Å². The Balaban J connectivity index is 3.60. The fourth-order valence-electron chi connectivity index (χ4n) is 1.01. The summed E-state index contributed by atoms with van der Waals surface area (Å²) < 4.78 is 0. The molecule has 0 aromatic heterocycles. The number of rotatable bonds is 0. The van der Waals surface area contributed by atoms with Crippen molar-refractivity contribution in [1.82, 2.24) is 0 Å². The van der Waals surface area contributed by atoms with Gasteiger partial charge < -0.3 is 11.5 Å². The predicted molar refractivity (Wildman–Crippen MR) is 59.2 cm³/mol. The van der Waals surface area contributed by atoms with Crippen molar-refractivity contribution in [2.45, 2.75) is 23.6 Å². The van der Waals surface area contributed by atoms with Crippen LogP contribution in [0.1, 0.15) is 11.1 Å². The summed E-state index contributed by atoms with van der Waals surface area (Å²) in [5.74, 6) is 0. The topological polar surface area (TPSA) is 52.0 Å². The molecule has 12 heavy (non-hydrogen) atoms. The highest BCUT2D eigenvalue weighted by Gasteiger charge is 2.10. The smallest absolute Gasteiger partial charge is 0.0494 e. The van der Waals surface area contributed by atoms with E-state index in [4.69, 9.17) is 11.5 Å². The van der Waals surface area contributed by atoms with Crippen molar-refractivity contribution in [3.05, 3.63) is 11.1 Å². The standard InChI is InChI=1S/C8H12N2S2/c1-3-5(9)8(12)4(2)6(10)7(3)11/h11-12H,9-10H2,1-2H3. The van der Waals surface area contributed by atoms with Crippen molar-refractivity contribution >= 4 is 36.6 Å². The second-order valence-corrected chi connectivity index (χ2v) is 3.67. The Labute approximate surface area is 83.2 Å². The Bertz CT molecular complexity index is 229. The Kier molecular flexibility index (Phi) is 2.49. The molecular formula is C8H12N2S2. The third kappa shape index (κ3) is 1.25. The Morgan fingerprint density at radius 3 is 1.33 bits per heavy atom. The van der Waals surface area contributed by atoms with E-state index in [1.165, 1.54) is 0 Å². The van der Waals surface area contributed by atoms with E-state index in [0.717, 1.165) is 20.9 Å². The Morgan fingerprint density at radius 2 is 1.08 bits per heavy atom. The molecule has 4 heteroatoms. The quantitative estimate of drug-likeness (QED) is 0.383. The number of hydrogen-bond donors (Lipinski definition) is 4. The summed E-state index contributed by atoms with van der Waals surface area (Å²) in [6.45, 7) is 3.76. The van der Waals surface area contributed by atoms with E-state index in [1.807, 2.05) is 13.8 Å². The molecule has 0 bridgehead atoms. The molecule has 1 rings (SSSR count). The summed E-state index contributed by atoms with van der Waals surface area (Å²) in [5, 5.41) is 0. The molecule has 66 valence electrons.